The molecule has 100 valence electrons. The molecule has 19 heavy (non-hydrogen) atoms. The first-order valence-electron chi connectivity index (χ1n) is 6.38. The zero-order valence-electron chi connectivity index (χ0n) is 10.6. The molecule has 1 aliphatic heterocycles. The zero-order chi connectivity index (χ0) is 13.1. The van der Waals surface area contributed by atoms with Gasteiger partial charge < -0.3 is 9.47 Å². The van der Waals surface area contributed by atoms with E-state index in [-0.39, 0.29) is 12.1 Å². The number of rotatable bonds is 3. The summed E-state index contributed by atoms with van der Waals surface area (Å²) in [7, 11) is 0. The highest BCUT2D eigenvalue weighted by Crippen LogP contribution is 2.27. The standard InChI is InChI=1S/C14H17N3O2/c15-17-14(13-9-18-6-7-19-13)11-3-1-2-10-4-5-16-8-12(10)11/h1-5,8,13-14,17H,6-7,9,15H2. The van der Waals surface area contributed by atoms with E-state index in [1.54, 1.807) is 6.20 Å². The van der Waals surface area contributed by atoms with E-state index in [2.05, 4.69) is 16.5 Å². The maximum atomic E-state index is 5.75. The number of hydrogen-bond acceptors (Lipinski definition) is 5. The van der Waals surface area contributed by atoms with Crippen LogP contribution in [0.5, 0.6) is 0 Å². The molecule has 1 fully saturated rings. The summed E-state index contributed by atoms with van der Waals surface area (Å²) < 4.78 is 11.2. The number of benzene rings is 1. The molecule has 0 spiro atoms. The topological polar surface area (TPSA) is 69.4 Å². The minimum atomic E-state index is -0.104. The van der Waals surface area contributed by atoms with Gasteiger partial charge in [0.25, 0.3) is 0 Å². The van der Waals surface area contributed by atoms with Crippen LogP contribution in [0, 0.1) is 0 Å². The summed E-state index contributed by atoms with van der Waals surface area (Å²) in [5.74, 6) is 5.72. The summed E-state index contributed by atoms with van der Waals surface area (Å²) in [5, 5.41) is 2.23. The van der Waals surface area contributed by atoms with Gasteiger partial charge in [-0.15, -0.1) is 0 Å². The Balaban J connectivity index is 2.00. The summed E-state index contributed by atoms with van der Waals surface area (Å²) in [6.07, 6.45) is 3.57. The van der Waals surface area contributed by atoms with Gasteiger partial charge in [-0.05, 0) is 17.0 Å². The normalized spacial score (nSPS) is 21.4. The second kappa shape index (κ2) is 5.63. The van der Waals surface area contributed by atoms with Gasteiger partial charge in [-0.25, -0.2) is 0 Å². The first-order chi connectivity index (χ1) is 9.40. The lowest BCUT2D eigenvalue weighted by Gasteiger charge is -2.30. The molecular formula is C14H17N3O2. The molecular weight excluding hydrogens is 242 g/mol. The van der Waals surface area contributed by atoms with E-state index in [0.717, 1.165) is 16.3 Å². The van der Waals surface area contributed by atoms with Crippen LogP contribution in [0.3, 0.4) is 0 Å². The summed E-state index contributed by atoms with van der Waals surface area (Å²) in [5.41, 5.74) is 3.93. The minimum Gasteiger partial charge on any atom is -0.376 e. The van der Waals surface area contributed by atoms with Crippen molar-refractivity contribution in [1.29, 1.82) is 0 Å². The van der Waals surface area contributed by atoms with Crippen molar-refractivity contribution in [1.82, 2.24) is 10.4 Å². The van der Waals surface area contributed by atoms with E-state index in [4.69, 9.17) is 15.3 Å². The lowest BCUT2D eigenvalue weighted by Crippen LogP contribution is -2.43. The molecule has 5 nitrogen and oxygen atoms in total. The third-order valence-electron chi connectivity index (χ3n) is 3.45. The highest BCUT2D eigenvalue weighted by atomic mass is 16.6. The number of pyridine rings is 1. The van der Waals surface area contributed by atoms with Crippen molar-refractivity contribution >= 4 is 10.8 Å². The first kappa shape index (κ1) is 12.5. The van der Waals surface area contributed by atoms with Crippen molar-refractivity contribution in [2.45, 2.75) is 12.1 Å². The fourth-order valence-corrected chi connectivity index (χ4v) is 2.50. The smallest absolute Gasteiger partial charge is 0.102 e. The Hall–Kier alpha value is -1.53. The first-order valence-corrected chi connectivity index (χ1v) is 6.38. The van der Waals surface area contributed by atoms with E-state index in [0.29, 0.717) is 19.8 Å². The largest absolute Gasteiger partial charge is 0.376 e. The molecule has 1 aromatic carbocycles. The maximum Gasteiger partial charge on any atom is 0.102 e. The van der Waals surface area contributed by atoms with E-state index in [1.165, 1.54) is 0 Å². The molecule has 0 saturated carbocycles. The second-order valence-electron chi connectivity index (χ2n) is 4.57. The summed E-state index contributed by atoms with van der Waals surface area (Å²) in [4.78, 5) is 4.19. The monoisotopic (exact) mass is 259 g/mol. The molecule has 2 heterocycles. The number of aromatic nitrogens is 1. The Morgan fingerprint density at radius 1 is 1.32 bits per heavy atom. The Morgan fingerprint density at radius 2 is 2.26 bits per heavy atom. The van der Waals surface area contributed by atoms with Crippen molar-refractivity contribution in [3.05, 3.63) is 42.2 Å². The van der Waals surface area contributed by atoms with Crippen LogP contribution >= 0.6 is 0 Å². The van der Waals surface area contributed by atoms with Crippen molar-refractivity contribution in [2.75, 3.05) is 19.8 Å². The molecule has 0 amide bonds. The van der Waals surface area contributed by atoms with Crippen LogP contribution in [0.2, 0.25) is 0 Å². The molecule has 0 aliphatic carbocycles. The van der Waals surface area contributed by atoms with Gasteiger partial charge in [0, 0.05) is 17.8 Å². The minimum absolute atomic E-state index is 0.0791. The Kier molecular flexibility index (Phi) is 3.70. The van der Waals surface area contributed by atoms with Crippen molar-refractivity contribution in [3.63, 3.8) is 0 Å². The van der Waals surface area contributed by atoms with Crippen LogP contribution in [0.15, 0.2) is 36.7 Å². The predicted molar refractivity (Wildman–Crippen MR) is 72.4 cm³/mol. The third kappa shape index (κ3) is 2.46. The Bertz CT molecular complexity index is 550. The van der Waals surface area contributed by atoms with Crippen LogP contribution < -0.4 is 11.3 Å². The van der Waals surface area contributed by atoms with Gasteiger partial charge in [0.1, 0.15) is 6.10 Å². The van der Waals surface area contributed by atoms with E-state index >= 15 is 0 Å². The molecule has 2 unspecified atom stereocenters. The van der Waals surface area contributed by atoms with Crippen LogP contribution in [0.25, 0.3) is 10.8 Å². The Morgan fingerprint density at radius 3 is 3.05 bits per heavy atom. The SMILES string of the molecule is NNC(c1cccc2ccncc12)C1COCCO1. The van der Waals surface area contributed by atoms with Crippen molar-refractivity contribution in [3.8, 4) is 0 Å². The van der Waals surface area contributed by atoms with E-state index < -0.39 is 0 Å². The molecule has 3 rings (SSSR count). The van der Waals surface area contributed by atoms with Gasteiger partial charge in [0.05, 0.1) is 25.9 Å². The number of hydrazine groups is 1. The van der Waals surface area contributed by atoms with Crippen LogP contribution in [-0.2, 0) is 9.47 Å². The quantitative estimate of drug-likeness (QED) is 0.639. The third-order valence-corrected chi connectivity index (χ3v) is 3.45. The molecule has 1 aromatic heterocycles. The maximum absolute atomic E-state index is 5.75. The van der Waals surface area contributed by atoms with Crippen LogP contribution in [-0.4, -0.2) is 30.9 Å². The molecule has 1 aliphatic rings. The van der Waals surface area contributed by atoms with E-state index in [9.17, 15) is 0 Å². The highest BCUT2D eigenvalue weighted by Gasteiger charge is 2.26. The number of ether oxygens (including phenoxy) is 2. The summed E-state index contributed by atoms with van der Waals surface area (Å²) >= 11 is 0. The van der Waals surface area contributed by atoms with Gasteiger partial charge in [-0.3, -0.25) is 16.3 Å². The van der Waals surface area contributed by atoms with Gasteiger partial charge in [0.15, 0.2) is 0 Å². The second-order valence-corrected chi connectivity index (χ2v) is 4.57. The Labute approximate surface area is 111 Å². The van der Waals surface area contributed by atoms with Crippen molar-refractivity contribution in [2.24, 2.45) is 5.84 Å². The van der Waals surface area contributed by atoms with Gasteiger partial charge >= 0.3 is 0 Å². The average molecular weight is 259 g/mol. The summed E-state index contributed by atoms with van der Waals surface area (Å²) in [6, 6.07) is 8.02. The van der Waals surface area contributed by atoms with Crippen molar-refractivity contribution < 1.29 is 9.47 Å². The predicted octanol–water partition coefficient (Wildman–Crippen LogP) is 1.15. The summed E-state index contributed by atoms with van der Waals surface area (Å²) in [6.45, 7) is 1.79. The zero-order valence-corrected chi connectivity index (χ0v) is 10.6. The number of fused-ring (bicyclic) bond motifs is 1. The number of hydrogen-bond donors (Lipinski definition) is 2. The van der Waals surface area contributed by atoms with Gasteiger partial charge in [-0.2, -0.15) is 0 Å². The fraction of sp³-hybridized carbons (Fsp3) is 0.357. The number of nitrogens with zero attached hydrogens (tertiary/aromatic N) is 1. The lowest BCUT2D eigenvalue weighted by atomic mass is 9.97. The highest BCUT2D eigenvalue weighted by molar-refractivity contribution is 5.85. The molecule has 1 saturated heterocycles. The number of nitrogens with two attached hydrogens (primary N) is 1. The average Bonchev–Trinajstić information content (AvgIpc) is 2.49. The number of nitrogens with one attached hydrogen (secondary N) is 1. The molecule has 5 heteroatoms. The molecule has 0 radical (unpaired) electrons. The van der Waals surface area contributed by atoms with Gasteiger partial charge in [0.2, 0.25) is 0 Å². The fourth-order valence-electron chi connectivity index (χ4n) is 2.50. The van der Waals surface area contributed by atoms with E-state index in [1.807, 2.05) is 24.4 Å². The molecule has 2 atom stereocenters. The van der Waals surface area contributed by atoms with Gasteiger partial charge in [-0.1, -0.05) is 18.2 Å². The van der Waals surface area contributed by atoms with Crippen LogP contribution in [0.1, 0.15) is 11.6 Å². The molecule has 0 bridgehead atoms. The molecule has 2 aromatic rings. The molecule has 3 N–H and O–H groups in total. The van der Waals surface area contributed by atoms with Crippen LogP contribution in [0.4, 0.5) is 0 Å². The lowest BCUT2D eigenvalue weighted by molar-refractivity contribution is -0.102.